The lowest BCUT2D eigenvalue weighted by Crippen LogP contribution is -2.32. The molecule has 1 N–H and O–H groups in total. The monoisotopic (exact) mass is 284 g/mol. The number of carbonyl (C=O) groups excluding carboxylic acids is 1. The first-order valence-electron chi connectivity index (χ1n) is 6.93. The Morgan fingerprint density at radius 1 is 1.24 bits per heavy atom. The van der Waals surface area contributed by atoms with Crippen molar-refractivity contribution in [3.63, 3.8) is 0 Å². The van der Waals surface area contributed by atoms with Gasteiger partial charge in [0.2, 0.25) is 0 Å². The maximum atomic E-state index is 11.5. The lowest BCUT2D eigenvalue weighted by molar-refractivity contribution is 0.0534. The van der Waals surface area contributed by atoms with Crippen molar-refractivity contribution in [3.8, 4) is 0 Å². The third-order valence-electron chi connectivity index (χ3n) is 2.67. The number of alkyl carbamates (subject to hydrolysis) is 1. The number of rotatable bonds is 3. The van der Waals surface area contributed by atoms with Crippen LogP contribution in [0.2, 0.25) is 0 Å². The second-order valence-corrected chi connectivity index (χ2v) is 5.71. The van der Waals surface area contributed by atoms with E-state index in [1.165, 1.54) is 0 Å². The molecule has 1 aromatic heterocycles. The number of ether oxygens (including phenoxy) is 1. The van der Waals surface area contributed by atoms with E-state index in [0.717, 1.165) is 16.6 Å². The molecule has 0 spiro atoms. The molecular weight excluding hydrogens is 264 g/mol. The van der Waals surface area contributed by atoms with E-state index in [1.807, 2.05) is 69.3 Å². The van der Waals surface area contributed by atoms with Crippen LogP contribution >= 0.6 is 0 Å². The molecule has 1 amide bonds. The van der Waals surface area contributed by atoms with Gasteiger partial charge < -0.3 is 10.1 Å². The topological polar surface area (TPSA) is 51.2 Å². The lowest BCUT2D eigenvalue weighted by atomic mass is 10.2. The Morgan fingerprint density at radius 2 is 2.00 bits per heavy atom. The Bertz CT molecular complexity index is 657. The van der Waals surface area contributed by atoms with Crippen LogP contribution in [0.25, 0.3) is 17.0 Å². The number of aromatic nitrogens is 1. The van der Waals surface area contributed by atoms with Gasteiger partial charge in [-0.05, 0) is 39.0 Å². The molecule has 0 bridgehead atoms. The second-order valence-electron chi connectivity index (χ2n) is 5.71. The van der Waals surface area contributed by atoms with Gasteiger partial charge in [0, 0.05) is 11.9 Å². The maximum absolute atomic E-state index is 11.5. The highest BCUT2D eigenvalue weighted by atomic mass is 16.6. The molecule has 1 heterocycles. The van der Waals surface area contributed by atoms with Gasteiger partial charge in [0.05, 0.1) is 11.2 Å². The zero-order chi connectivity index (χ0) is 15.3. The van der Waals surface area contributed by atoms with E-state index in [4.69, 9.17) is 4.74 Å². The van der Waals surface area contributed by atoms with Crippen LogP contribution in [-0.4, -0.2) is 23.2 Å². The van der Waals surface area contributed by atoms with Crippen molar-refractivity contribution in [2.24, 2.45) is 0 Å². The van der Waals surface area contributed by atoms with Crippen LogP contribution in [0, 0.1) is 0 Å². The average molecular weight is 284 g/mol. The summed E-state index contributed by atoms with van der Waals surface area (Å²) in [5, 5.41) is 3.78. The number of hydrogen-bond donors (Lipinski definition) is 1. The molecule has 0 saturated heterocycles. The first-order chi connectivity index (χ1) is 9.94. The van der Waals surface area contributed by atoms with Gasteiger partial charge in [-0.3, -0.25) is 0 Å². The summed E-state index contributed by atoms with van der Waals surface area (Å²) in [5.41, 5.74) is 1.34. The van der Waals surface area contributed by atoms with E-state index in [9.17, 15) is 4.79 Å². The van der Waals surface area contributed by atoms with Crippen molar-refractivity contribution in [2.75, 3.05) is 6.54 Å². The fourth-order valence-electron chi connectivity index (χ4n) is 1.81. The normalized spacial score (nSPS) is 11.8. The van der Waals surface area contributed by atoms with Crippen LogP contribution < -0.4 is 5.32 Å². The molecule has 4 nitrogen and oxygen atoms in total. The third kappa shape index (κ3) is 4.91. The van der Waals surface area contributed by atoms with E-state index in [1.54, 1.807) is 0 Å². The van der Waals surface area contributed by atoms with Crippen LogP contribution in [0.5, 0.6) is 0 Å². The van der Waals surface area contributed by atoms with Crippen molar-refractivity contribution < 1.29 is 9.53 Å². The molecule has 0 radical (unpaired) electrons. The summed E-state index contributed by atoms with van der Waals surface area (Å²) in [4.78, 5) is 16.0. The number of benzene rings is 1. The molecule has 4 heteroatoms. The number of carbonyl (C=O) groups is 1. The second kappa shape index (κ2) is 6.39. The molecule has 1 aromatic carbocycles. The van der Waals surface area contributed by atoms with E-state index < -0.39 is 11.7 Å². The zero-order valence-corrected chi connectivity index (χ0v) is 12.6. The summed E-state index contributed by atoms with van der Waals surface area (Å²) < 4.78 is 5.15. The number of nitrogens with one attached hydrogen (secondary N) is 1. The van der Waals surface area contributed by atoms with Crippen LogP contribution in [0.3, 0.4) is 0 Å². The van der Waals surface area contributed by atoms with E-state index >= 15 is 0 Å². The predicted octanol–water partition coefficient (Wildman–Crippen LogP) is 3.77. The minimum Gasteiger partial charge on any atom is -0.444 e. The minimum absolute atomic E-state index is 0.406. The summed E-state index contributed by atoms with van der Waals surface area (Å²) in [6.45, 7) is 5.91. The van der Waals surface area contributed by atoms with Gasteiger partial charge in [0.25, 0.3) is 0 Å². The molecule has 0 aliphatic heterocycles. The van der Waals surface area contributed by atoms with Gasteiger partial charge in [0.15, 0.2) is 0 Å². The summed E-state index contributed by atoms with van der Waals surface area (Å²) in [7, 11) is 0. The zero-order valence-electron chi connectivity index (χ0n) is 12.6. The third-order valence-corrected chi connectivity index (χ3v) is 2.67. The quantitative estimate of drug-likeness (QED) is 0.933. The molecule has 0 saturated carbocycles. The standard InChI is InChI=1S/C17H20N2O2/c1-17(2,3)21-16(20)18-12-6-8-14-11-10-13-7-4-5-9-15(13)19-14/h4-11H,12H2,1-3H3,(H,18,20). The van der Waals surface area contributed by atoms with E-state index in [0.29, 0.717) is 6.54 Å². The Kier molecular flexibility index (Phi) is 4.58. The number of para-hydroxylation sites is 1. The highest BCUT2D eigenvalue weighted by Gasteiger charge is 2.14. The average Bonchev–Trinajstić information content (AvgIpc) is 2.41. The minimum atomic E-state index is -0.478. The summed E-state index contributed by atoms with van der Waals surface area (Å²) >= 11 is 0. The summed E-state index contributed by atoms with van der Waals surface area (Å²) in [6.07, 6.45) is 3.31. The van der Waals surface area contributed by atoms with E-state index in [2.05, 4.69) is 10.3 Å². The van der Waals surface area contributed by atoms with Gasteiger partial charge >= 0.3 is 6.09 Å². The SMILES string of the molecule is CC(C)(C)OC(=O)NCC=Cc1ccc2ccccc2n1. The number of amides is 1. The first-order valence-corrected chi connectivity index (χ1v) is 6.93. The van der Waals surface area contributed by atoms with Crippen LogP contribution in [0.4, 0.5) is 4.79 Å². The van der Waals surface area contributed by atoms with Gasteiger partial charge in [-0.15, -0.1) is 0 Å². The van der Waals surface area contributed by atoms with Gasteiger partial charge in [-0.2, -0.15) is 0 Å². The fraction of sp³-hybridized carbons (Fsp3) is 0.294. The number of fused-ring (bicyclic) bond motifs is 1. The Balaban J connectivity index is 1.90. The highest BCUT2D eigenvalue weighted by molar-refractivity contribution is 5.79. The van der Waals surface area contributed by atoms with Crippen LogP contribution in [-0.2, 0) is 4.74 Å². The molecule has 0 unspecified atom stereocenters. The molecular formula is C17H20N2O2. The van der Waals surface area contributed by atoms with Crippen LogP contribution in [0.1, 0.15) is 26.5 Å². The number of hydrogen-bond acceptors (Lipinski definition) is 3. The highest BCUT2D eigenvalue weighted by Crippen LogP contribution is 2.12. The molecule has 110 valence electrons. The number of pyridine rings is 1. The molecule has 2 aromatic rings. The largest absolute Gasteiger partial charge is 0.444 e. The Hall–Kier alpha value is -2.36. The Labute approximate surface area is 124 Å². The molecule has 0 atom stereocenters. The predicted molar refractivity (Wildman–Crippen MR) is 85.0 cm³/mol. The van der Waals surface area contributed by atoms with Crippen molar-refractivity contribution >= 4 is 23.1 Å². The van der Waals surface area contributed by atoms with Gasteiger partial charge in [-0.1, -0.05) is 30.3 Å². The summed E-state index contributed by atoms with van der Waals surface area (Å²) in [6, 6.07) is 11.9. The Morgan fingerprint density at radius 3 is 2.76 bits per heavy atom. The first kappa shape index (κ1) is 15.0. The molecule has 0 fully saturated rings. The summed E-state index contributed by atoms with van der Waals surface area (Å²) in [5.74, 6) is 0. The number of nitrogens with zero attached hydrogens (tertiary/aromatic N) is 1. The smallest absolute Gasteiger partial charge is 0.407 e. The van der Waals surface area contributed by atoms with Crippen molar-refractivity contribution in [3.05, 3.63) is 48.2 Å². The van der Waals surface area contributed by atoms with Crippen molar-refractivity contribution in [1.29, 1.82) is 0 Å². The molecule has 0 aliphatic rings. The molecule has 2 rings (SSSR count). The van der Waals surface area contributed by atoms with E-state index in [-0.39, 0.29) is 0 Å². The van der Waals surface area contributed by atoms with Crippen LogP contribution in [0.15, 0.2) is 42.5 Å². The van der Waals surface area contributed by atoms with Crippen molar-refractivity contribution in [1.82, 2.24) is 10.3 Å². The van der Waals surface area contributed by atoms with Gasteiger partial charge in [-0.25, -0.2) is 9.78 Å². The maximum Gasteiger partial charge on any atom is 0.407 e. The fourth-order valence-corrected chi connectivity index (χ4v) is 1.81. The molecule has 21 heavy (non-hydrogen) atoms. The lowest BCUT2D eigenvalue weighted by Gasteiger charge is -2.19. The molecule has 0 aliphatic carbocycles. The van der Waals surface area contributed by atoms with Gasteiger partial charge in [0.1, 0.15) is 5.60 Å². The van der Waals surface area contributed by atoms with Crippen molar-refractivity contribution in [2.45, 2.75) is 26.4 Å².